The number of ether oxygens (including phenoxy) is 1. The molecular formula is C20H29BN2O3S. The minimum absolute atomic E-state index is 0.201. The molecule has 1 aromatic carbocycles. The number of fused-ring (bicyclic) bond motifs is 1. The standard InChI is InChI=1S/C20H29BN2O3S/c1-19(2)20(3,4)26-21(25-19)13-7-8-17-15(11-13)22-18(27-17)14-9-10-23(5)12-16(14)24-6/h7-8,11,14,16H,9-10,12H2,1-6H3/t14-,16-/m1/s1. The molecule has 0 N–H and O–H groups in total. The SMILES string of the molecule is CO[C@@H]1CN(C)CC[C@H]1c1nc2cc(B3OC(C)(C)C(C)(C)O3)ccc2s1. The molecule has 0 bridgehead atoms. The first-order chi connectivity index (χ1) is 12.7. The van der Waals surface area contributed by atoms with Gasteiger partial charge in [0.25, 0.3) is 0 Å². The van der Waals surface area contributed by atoms with E-state index in [2.05, 4.69) is 57.8 Å². The molecule has 0 spiro atoms. The third-order valence-electron chi connectivity index (χ3n) is 6.34. The topological polar surface area (TPSA) is 43.8 Å². The summed E-state index contributed by atoms with van der Waals surface area (Å²) in [7, 11) is 3.61. The predicted molar refractivity (Wildman–Crippen MR) is 111 cm³/mol. The molecule has 3 heterocycles. The molecule has 2 aromatic rings. The summed E-state index contributed by atoms with van der Waals surface area (Å²) < 4.78 is 19.4. The van der Waals surface area contributed by atoms with Gasteiger partial charge >= 0.3 is 7.12 Å². The second kappa shape index (κ2) is 6.81. The van der Waals surface area contributed by atoms with Crippen LogP contribution < -0.4 is 5.46 Å². The number of piperidine rings is 1. The molecule has 7 heteroatoms. The Labute approximate surface area is 166 Å². The molecule has 1 aromatic heterocycles. The number of benzene rings is 1. The number of thiazole rings is 1. The van der Waals surface area contributed by atoms with Gasteiger partial charge in [0.2, 0.25) is 0 Å². The minimum Gasteiger partial charge on any atom is -0.399 e. The Morgan fingerprint density at radius 3 is 2.59 bits per heavy atom. The Morgan fingerprint density at radius 1 is 1.22 bits per heavy atom. The van der Waals surface area contributed by atoms with Crippen LogP contribution in [0.1, 0.15) is 45.0 Å². The summed E-state index contributed by atoms with van der Waals surface area (Å²) in [4.78, 5) is 7.30. The first-order valence-electron chi connectivity index (χ1n) is 9.67. The van der Waals surface area contributed by atoms with E-state index in [4.69, 9.17) is 19.0 Å². The number of likely N-dealkylation sites (N-methyl/N-ethyl adjacent to an activating group) is 1. The molecule has 2 saturated heterocycles. The van der Waals surface area contributed by atoms with Crippen LogP contribution in [0, 0.1) is 0 Å². The number of likely N-dealkylation sites (tertiary alicyclic amines) is 1. The molecule has 5 nitrogen and oxygen atoms in total. The lowest BCUT2D eigenvalue weighted by atomic mass is 9.79. The van der Waals surface area contributed by atoms with Crippen LogP contribution in [0.15, 0.2) is 18.2 Å². The lowest BCUT2D eigenvalue weighted by Crippen LogP contribution is -2.41. The number of nitrogens with zero attached hydrogens (tertiary/aromatic N) is 2. The molecule has 4 rings (SSSR count). The van der Waals surface area contributed by atoms with Gasteiger partial charge in [-0.3, -0.25) is 0 Å². The molecule has 2 fully saturated rings. The van der Waals surface area contributed by atoms with Gasteiger partial charge in [0, 0.05) is 19.6 Å². The van der Waals surface area contributed by atoms with Crippen molar-refractivity contribution in [3.05, 3.63) is 23.2 Å². The molecule has 0 amide bonds. The number of methoxy groups -OCH3 is 1. The second-order valence-electron chi connectivity index (χ2n) is 8.80. The third-order valence-corrected chi connectivity index (χ3v) is 7.50. The Balaban J connectivity index is 1.61. The van der Waals surface area contributed by atoms with Crippen molar-refractivity contribution in [3.63, 3.8) is 0 Å². The van der Waals surface area contributed by atoms with Gasteiger partial charge in [-0.15, -0.1) is 11.3 Å². The summed E-state index contributed by atoms with van der Waals surface area (Å²) in [5, 5.41) is 1.18. The van der Waals surface area contributed by atoms with Gasteiger partial charge < -0.3 is 18.9 Å². The van der Waals surface area contributed by atoms with E-state index in [-0.39, 0.29) is 24.4 Å². The highest BCUT2D eigenvalue weighted by atomic mass is 32.1. The molecule has 27 heavy (non-hydrogen) atoms. The van der Waals surface area contributed by atoms with E-state index in [1.807, 2.05) is 0 Å². The molecule has 2 aliphatic rings. The molecule has 0 aliphatic carbocycles. The van der Waals surface area contributed by atoms with Gasteiger partial charge in [-0.1, -0.05) is 6.07 Å². The van der Waals surface area contributed by atoms with Crippen molar-refractivity contribution >= 4 is 34.1 Å². The Kier molecular flexibility index (Phi) is 4.88. The van der Waals surface area contributed by atoms with Crippen molar-refractivity contribution in [3.8, 4) is 0 Å². The van der Waals surface area contributed by atoms with E-state index >= 15 is 0 Å². The Morgan fingerprint density at radius 2 is 1.93 bits per heavy atom. The van der Waals surface area contributed by atoms with Crippen molar-refractivity contribution in [2.75, 3.05) is 27.2 Å². The van der Waals surface area contributed by atoms with Crippen LogP contribution in [0.3, 0.4) is 0 Å². The molecule has 0 unspecified atom stereocenters. The minimum atomic E-state index is -0.348. The van der Waals surface area contributed by atoms with E-state index in [1.54, 1.807) is 18.4 Å². The normalized spacial score (nSPS) is 28.1. The van der Waals surface area contributed by atoms with Gasteiger partial charge in [-0.05, 0) is 65.3 Å². The lowest BCUT2D eigenvalue weighted by molar-refractivity contribution is 0.00578. The van der Waals surface area contributed by atoms with Crippen LogP contribution in [0.4, 0.5) is 0 Å². The zero-order chi connectivity index (χ0) is 19.4. The monoisotopic (exact) mass is 388 g/mol. The van der Waals surface area contributed by atoms with Gasteiger partial charge in [0.05, 0.1) is 32.5 Å². The quantitative estimate of drug-likeness (QED) is 0.757. The Bertz CT molecular complexity index is 822. The van der Waals surface area contributed by atoms with Crippen molar-refractivity contribution in [1.82, 2.24) is 9.88 Å². The number of hydrogen-bond donors (Lipinski definition) is 0. The average Bonchev–Trinajstić information content (AvgIpc) is 3.11. The largest absolute Gasteiger partial charge is 0.494 e. The van der Waals surface area contributed by atoms with Crippen molar-refractivity contribution in [2.24, 2.45) is 0 Å². The molecule has 2 atom stereocenters. The molecule has 0 saturated carbocycles. The molecular weight excluding hydrogens is 359 g/mol. The molecule has 0 radical (unpaired) electrons. The highest BCUT2D eigenvalue weighted by Crippen LogP contribution is 2.38. The van der Waals surface area contributed by atoms with Gasteiger partial charge in [0.1, 0.15) is 0 Å². The van der Waals surface area contributed by atoms with Crippen molar-refractivity contribution in [1.29, 1.82) is 0 Å². The van der Waals surface area contributed by atoms with Gasteiger partial charge in [0.15, 0.2) is 0 Å². The third kappa shape index (κ3) is 3.45. The lowest BCUT2D eigenvalue weighted by Gasteiger charge is -2.34. The van der Waals surface area contributed by atoms with E-state index in [9.17, 15) is 0 Å². The van der Waals surface area contributed by atoms with Crippen LogP contribution in [-0.2, 0) is 14.0 Å². The van der Waals surface area contributed by atoms with E-state index in [0.717, 1.165) is 30.5 Å². The fourth-order valence-electron chi connectivity index (χ4n) is 3.84. The molecule has 2 aliphatic heterocycles. The Hall–Kier alpha value is -0.985. The highest BCUT2D eigenvalue weighted by molar-refractivity contribution is 7.18. The second-order valence-corrected chi connectivity index (χ2v) is 9.86. The van der Waals surface area contributed by atoms with E-state index < -0.39 is 0 Å². The average molecular weight is 388 g/mol. The number of aromatic nitrogens is 1. The van der Waals surface area contributed by atoms with E-state index in [1.165, 1.54) is 9.71 Å². The van der Waals surface area contributed by atoms with E-state index in [0.29, 0.717) is 5.92 Å². The fraction of sp³-hybridized carbons (Fsp3) is 0.650. The maximum atomic E-state index is 6.20. The molecule has 146 valence electrons. The van der Waals surface area contributed by atoms with Crippen LogP contribution in [0.2, 0.25) is 0 Å². The number of rotatable bonds is 3. The highest BCUT2D eigenvalue weighted by Gasteiger charge is 2.51. The van der Waals surface area contributed by atoms with Gasteiger partial charge in [-0.2, -0.15) is 0 Å². The summed E-state index contributed by atoms with van der Waals surface area (Å²) in [6, 6.07) is 6.37. The van der Waals surface area contributed by atoms with Gasteiger partial charge in [-0.25, -0.2) is 4.98 Å². The van der Waals surface area contributed by atoms with Crippen LogP contribution in [0.25, 0.3) is 10.2 Å². The summed E-state index contributed by atoms with van der Waals surface area (Å²) in [6.45, 7) is 10.4. The van der Waals surface area contributed by atoms with Crippen LogP contribution >= 0.6 is 11.3 Å². The maximum absolute atomic E-state index is 6.20. The first kappa shape index (κ1) is 19.3. The fourth-order valence-corrected chi connectivity index (χ4v) is 4.97. The van der Waals surface area contributed by atoms with Crippen molar-refractivity contribution in [2.45, 2.75) is 57.3 Å². The summed E-state index contributed by atoms with van der Waals surface area (Å²) in [6.07, 6.45) is 1.28. The summed E-state index contributed by atoms with van der Waals surface area (Å²) in [5.41, 5.74) is 1.39. The summed E-state index contributed by atoms with van der Waals surface area (Å²) in [5.74, 6) is 0.365. The number of hydrogen-bond acceptors (Lipinski definition) is 6. The first-order valence-corrected chi connectivity index (χ1v) is 10.5. The van der Waals surface area contributed by atoms with Crippen molar-refractivity contribution < 1.29 is 14.0 Å². The summed E-state index contributed by atoms with van der Waals surface area (Å²) >= 11 is 1.78. The van der Waals surface area contributed by atoms with Crippen LogP contribution in [-0.4, -0.2) is 61.6 Å². The van der Waals surface area contributed by atoms with Crippen LogP contribution in [0.5, 0.6) is 0 Å². The smallest absolute Gasteiger partial charge is 0.399 e. The zero-order valence-electron chi connectivity index (χ0n) is 17.1. The predicted octanol–water partition coefficient (Wildman–Crippen LogP) is 3.03. The maximum Gasteiger partial charge on any atom is 0.494 e. The zero-order valence-corrected chi connectivity index (χ0v) is 17.9.